The van der Waals surface area contributed by atoms with Gasteiger partial charge in [-0.2, -0.15) is 0 Å². The minimum atomic E-state index is -0.430. The summed E-state index contributed by atoms with van der Waals surface area (Å²) in [6, 6.07) is 7.87. The number of carbonyl (C=O) groups is 1. The van der Waals surface area contributed by atoms with E-state index in [4.69, 9.17) is 0 Å². The molecule has 1 saturated heterocycles. The topological polar surface area (TPSA) is 96.2 Å². The Morgan fingerprint density at radius 1 is 1.28 bits per heavy atom. The van der Waals surface area contributed by atoms with Gasteiger partial charge in [0.1, 0.15) is 0 Å². The molecule has 1 unspecified atom stereocenters. The number of aliphatic hydroxyl groups is 1. The summed E-state index contributed by atoms with van der Waals surface area (Å²) < 4.78 is 1.86. The van der Waals surface area contributed by atoms with Crippen LogP contribution in [0.25, 0.3) is 0 Å². The molecule has 0 radical (unpaired) electrons. The first-order valence-electron chi connectivity index (χ1n) is 8.79. The van der Waals surface area contributed by atoms with E-state index in [0.29, 0.717) is 31.2 Å². The molecule has 0 spiro atoms. The Morgan fingerprint density at radius 2 is 2.12 bits per heavy atom. The average molecular weight is 342 g/mol. The largest absolute Gasteiger partial charge is 0.391 e. The highest BCUT2D eigenvalue weighted by Gasteiger charge is 2.28. The van der Waals surface area contributed by atoms with Crippen molar-refractivity contribution in [1.82, 2.24) is 25.1 Å². The molecular weight excluding hydrogens is 320 g/mol. The summed E-state index contributed by atoms with van der Waals surface area (Å²) in [5.74, 6) is 0.724. The maximum Gasteiger partial charge on any atom is 0.256 e. The number of anilines is 1. The molecule has 0 bridgehead atoms. The highest BCUT2D eigenvalue weighted by atomic mass is 16.3. The minimum Gasteiger partial charge on any atom is -0.391 e. The van der Waals surface area contributed by atoms with Crippen LogP contribution < -0.4 is 5.32 Å². The number of carbonyl (C=O) groups excluding carboxylic acids is 1. The first-order valence-corrected chi connectivity index (χ1v) is 8.79. The molecule has 2 fully saturated rings. The van der Waals surface area contributed by atoms with Crippen molar-refractivity contribution in [1.29, 1.82) is 0 Å². The first kappa shape index (κ1) is 16.0. The van der Waals surface area contributed by atoms with Crippen molar-refractivity contribution in [3.05, 3.63) is 35.7 Å². The number of rotatable bonds is 5. The molecule has 132 valence electrons. The van der Waals surface area contributed by atoms with Gasteiger partial charge in [0.2, 0.25) is 0 Å². The molecule has 2 aliphatic rings. The summed E-state index contributed by atoms with van der Waals surface area (Å²) in [5, 5.41) is 25.0. The number of amides is 1. The summed E-state index contributed by atoms with van der Waals surface area (Å²) in [6.45, 7) is 1.55. The number of para-hydroxylation sites is 1. The smallest absolute Gasteiger partial charge is 0.256 e. The number of piperidine rings is 1. The first-order chi connectivity index (χ1) is 12.2. The van der Waals surface area contributed by atoms with Gasteiger partial charge in [0, 0.05) is 18.8 Å². The van der Waals surface area contributed by atoms with Gasteiger partial charge in [-0.3, -0.25) is 4.79 Å². The van der Waals surface area contributed by atoms with E-state index in [0.717, 1.165) is 37.2 Å². The van der Waals surface area contributed by atoms with Crippen LogP contribution in [0.2, 0.25) is 0 Å². The molecule has 2 heterocycles. The maximum absolute atomic E-state index is 12.8. The highest BCUT2D eigenvalue weighted by Crippen LogP contribution is 2.34. The van der Waals surface area contributed by atoms with Gasteiger partial charge in [-0.15, -0.1) is 5.10 Å². The predicted octanol–water partition coefficient (Wildman–Crippen LogP) is 1.22. The molecular formula is C17H22N6O2. The fraction of sp³-hybridized carbons (Fsp3) is 0.529. The average Bonchev–Trinajstić information content (AvgIpc) is 3.37. The molecule has 1 saturated carbocycles. The van der Waals surface area contributed by atoms with Crippen LogP contribution in [0.3, 0.4) is 0 Å². The van der Waals surface area contributed by atoms with E-state index in [1.54, 1.807) is 4.90 Å². The number of nitrogens with zero attached hydrogens (tertiary/aromatic N) is 5. The third kappa shape index (κ3) is 3.48. The molecule has 4 rings (SSSR count). The Kier molecular flexibility index (Phi) is 4.35. The molecule has 1 aliphatic carbocycles. The molecule has 1 amide bonds. The second kappa shape index (κ2) is 6.79. The lowest BCUT2D eigenvalue weighted by Gasteiger charge is -2.30. The summed E-state index contributed by atoms with van der Waals surface area (Å²) in [5.41, 5.74) is 1.37. The number of aliphatic hydroxyl groups excluding tert-OH is 1. The van der Waals surface area contributed by atoms with Crippen LogP contribution in [0.15, 0.2) is 24.3 Å². The summed E-state index contributed by atoms with van der Waals surface area (Å²) in [6.07, 6.45) is 3.39. The summed E-state index contributed by atoms with van der Waals surface area (Å²) >= 11 is 0. The van der Waals surface area contributed by atoms with E-state index in [2.05, 4.69) is 20.8 Å². The second-order valence-corrected chi connectivity index (χ2v) is 6.72. The zero-order valence-electron chi connectivity index (χ0n) is 14.0. The number of β-amino-alcohol motifs (C(OH)–C–C–N with tert-alkyl or cyclic N) is 1. The fourth-order valence-electron chi connectivity index (χ4n) is 3.24. The summed E-state index contributed by atoms with van der Waals surface area (Å²) in [4.78, 5) is 14.6. The van der Waals surface area contributed by atoms with Crippen LogP contribution in [-0.2, 0) is 6.54 Å². The van der Waals surface area contributed by atoms with Crippen LogP contribution in [-0.4, -0.2) is 55.3 Å². The van der Waals surface area contributed by atoms with Gasteiger partial charge in [-0.25, -0.2) is 4.68 Å². The van der Waals surface area contributed by atoms with Gasteiger partial charge >= 0.3 is 0 Å². The molecule has 25 heavy (non-hydrogen) atoms. The zero-order chi connectivity index (χ0) is 17.2. The van der Waals surface area contributed by atoms with E-state index in [-0.39, 0.29) is 5.91 Å². The third-order valence-corrected chi connectivity index (χ3v) is 4.73. The zero-order valence-corrected chi connectivity index (χ0v) is 14.0. The number of hydrogen-bond donors (Lipinski definition) is 2. The molecule has 1 aromatic heterocycles. The Bertz CT molecular complexity index is 757. The van der Waals surface area contributed by atoms with Crippen molar-refractivity contribution in [3.8, 4) is 0 Å². The van der Waals surface area contributed by atoms with E-state index in [1.807, 2.05) is 28.9 Å². The van der Waals surface area contributed by atoms with Gasteiger partial charge in [0.25, 0.3) is 5.91 Å². The Morgan fingerprint density at radius 3 is 2.92 bits per heavy atom. The number of likely N-dealkylation sites (tertiary alicyclic amines) is 1. The van der Waals surface area contributed by atoms with E-state index in [9.17, 15) is 9.90 Å². The number of tetrazole rings is 1. The standard InChI is InChI=1S/C17H22N6O2/c24-13-4-3-9-22(11-13)17(25)14-5-1-2-6-15(14)18-10-16-19-20-21-23(16)12-7-8-12/h1-2,5-6,12-13,18,24H,3-4,7-11H2. The highest BCUT2D eigenvalue weighted by molar-refractivity contribution is 5.99. The van der Waals surface area contributed by atoms with Crippen molar-refractivity contribution in [2.45, 2.75) is 44.4 Å². The molecule has 8 heteroatoms. The van der Waals surface area contributed by atoms with Crippen LogP contribution in [0.1, 0.15) is 47.9 Å². The van der Waals surface area contributed by atoms with Crippen LogP contribution in [0.5, 0.6) is 0 Å². The summed E-state index contributed by atoms with van der Waals surface area (Å²) in [7, 11) is 0. The lowest BCUT2D eigenvalue weighted by molar-refractivity contribution is 0.0474. The Hall–Kier alpha value is -2.48. The number of aromatic nitrogens is 4. The van der Waals surface area contributed by atoms with Crippen LogP contribution in [0, 0.1) is 0 Å². The molecule has 1 atom stereocenters. The number of hydrogen-bond acceptors (Lipinski definition) is 6. The monoisotopic (exact) mass is 342 g/mol. The lowest BCUT2D eigenvalue weighted by atomic mass is 10.1. The van der Waals surface area contributed by atoms with Crippen LogP contribution in [0.4, 0.5) is 5.69 Å². The van der Waals surface area contributed by atoms with Crippen molar-refractivity contribution in [3.63, 3.8) is 0 Å². The maximum atomic E-state index is 12.8. The Balaban J connectivity index is 1.48. The fourth-order valence-corrected chi connectivity index (χ4v) is 3.24. The van der Waals surface area contributed by atoms with Gasteiger partial charge in [-0.05, 0) is 48.2 Å². The molecule has 1 aliphatic heterocycles. The van der Waals surface area contributed by atoms with Gasteiger partial charge < -0.3 is 15.3 Å². The normalized spacial score (nSPS) is 20.5. The van der Waals surface area contributed by atoms with E-state index >= 15 is 0 Å². The van der Waals surface area contributed by atoms with Crippen molar-refractivity contribution in [2.75, 3.05) is 18.4 Å². The number of benzene rings is 1. The van der Waals surface area contributed by atoms with Gasteiger partial charge in [-0.1, -0.05) is 12.1 Å². The molecule has 1 aromatic carbocycles. The van der Waals surface area contributed by atoms with E-state index in [1.165, 1.54) is 0 Å². The molecule has 2 N–H and O–H groups in total. The second-order valence-electron chi connectivity index (χ2n) is 6.72. The number of nitrogens with one attached hydrogen (secondary N) is 1. The van der Waals surface area contributed by atoms with Crippen molar-refractivity contribution in [2.24, 2.45) is 0 Å². The third-order valence-electron chi connectivity index (χ3n) is 4.73. The van der Waals surface area contributed by atoms with Gasteiger partial charge in [0.05, 0.1) is 24.3 Å². The van der Waals surface area contributed by atoms with Crippen molar-refractivity contribution >= 4 is 11.6 Å². The van der Waals surface area contributed by atoms with Gasteiger partial charge in [0.15, 0.2) is 5.82 Å². The predicted molar refractivity (Wildman–Crippen MR) is 91.0 cm³/mol. The quantitative estimate of drug-likeness (QED) is 0.848. The van der Waals surface area contributed by atoms with E-state index < -0.39 is 6.10 Å². The molecule has 2 aromatic rings. The molecule has 8 nitrogen and oxygen atoms in total. The lowest BCUT2D eigenvalue weighted by Crippen LogP contribution is -2.42. The van der Waals surface area contributed by atoms with Crippen LogP contribution >= 0.6 is 0 Å². The minimum absolute atomic E-state index is 0.0522. The van der Waals surface area contributed by atoms with Crippen molar-refractivity contribution < 1.29 is 9.90 Å². The Labute approximate surface area is 145 Å². The SMILES string of the molecule is O=C(c1ccccc1NCc1nnnn1C1CC1)N1CCCC(O)C1.